The van der Waals surface area contributed by atoms with E-state index in [1.165, 1.54) is 12.8 Å². The fraction of sp³-hybridized carbons (Fsp3) is 0.308. The fourth-order valence-corrected chi connectivity index (χ4v) is 2.46. The van der Waals surface area contributed by atoms with Gasteiger partial charge in [0.25, 0.3) is 0 Å². The molecule has 0 amide bonds. The van der Waals surface area contributed by atoms with E-state index in [2.05, 4.69) is 15.2 Å². The van der Waals surface area contributed by atoms with E-state index in [1.807, 2.05) is 6.07 Å². The molecule has 1 aromatic carbocycles. The quantitative estimate of drug-likeness (QED) is 0.801. The minimum absolute atomic E-state index is 0.563. The highest BCUT2D eigenvalue weighted by molar-refractivity contribution is 6.33. The van der Waals surface area contributed by atoms with Crippen molar-refractivity contribution in [2.75, 3.05) is 5.73 Å². The lowest BCUT2D eigenvalue weighted by molar-refractivity contribution is 0.634. The highest BCUT2D eigenvalue weighted by Gasteiger charge is 2.15. The van der Waals surface area contributed by atoms with Gasteiger partial charge in [0.15, 0.2) is 5.82 Å². The summed E-state index contributed by atoms with van der Waals surface area (Å²) in [7, 11) is 0. The molecular formula is C13H13ClN4. The molecular weight excluding hydrogens is 248 g/mol. The molecule has 92 valence electrons. The number of fused-ring (bicyclic) bond motifs is 1. The maximum absolute atomic E-state index is 6.16. The van der Waals surface area contributed by atoms with E-state index in [1.54, 1.807) is 12.1 Å². The Morgan fingerprint density at radius 3 is 2.61 bits per heavy atom. The summed E-state index contributed by atoms with van der Waals surface area (Å²) in [4.78, 5) is 4.58. The molecule has 0 bridgehead atoms. The number of hydrogen-bond acceptors (Lipinski definition) is 4. The molecule has 2 aromatic rings. The third-order valence-corrected chi connectivity index (χ3v) is 3.46. The molecule has 0 atom stereocenters. The summed E-state index contributed by atoms with van der Waals surface area (Å²) in [5.41, 5.74) is 9.17. The van der Waals surface area contributed by atoms with Crippen molar-refractivity contribution in [1.82, 2.24) is 15.2 Å². The number of nitrogens with zero attached hydrogens (tertiary/aromatic N) is 3. The van der Waals surface area contributed by atoms with Crippen molar-refractivity contribution < 1.29 is 0 Å². The van der Waals surface area contributed by atoms with E-state index in [0.717, 1.165) is 29.8 Å². The van der Waals surface area contributed by atoms with Crippen molar-refractivity contribution >= 4 is 17.3 Å². The monoisotopic (exact) mass is 260 g/mol. The van der Waals surface area contributed by atoms with Crippen LogP contribution < -0.4 is 5.73 Å². The Balaban J connectivity index is 2.06. The number of hydrogen-bond donors (Lipinski definition) is 1. The first-order chi connectivity index (χ1) is 8.74. The van der Waals surface area contributed by atoms with Crippen LogP contribution in [0.25, 0.3) is 11.4 Å². The number of halogens is 1. The van der Waals surface area contributed by atoms with Crippen LogP contribution in [0.5, 0.6) is 0 Å². The summed E-state index contributed by atoms with van der Waals surface area (Å²) < 4.78 is 0. The van der Waals surface area contributed by atoms with E-state index in [-0.39, 0.29) is 0 Å². The lowest BCUT2D eigenvalue weighted by Crippen LogP contribution is -2.10. The molecule has 0 fully saturated rings. The Hall–Kier alpha value is -1.68. The van der Waals surface area contributed by atoms with Crippen molar-refractivity contribution in [3.63, 3.8) is 0 Å². The van der Waals surface area contributed by atoms with Crippen LogP contribution in [0.4, 0.5) is 5.69 Å². The highest BCUT2D eigenvalue weighted by Crippen LogP contribution is 2.28. The van der Waals surface area contributed by atoms with Gasteiger partial charge in [-0.05, 0) is 43.9 Å². The third kappa shape index (κ3) is 2.04. The lowest BCUT2D eigenvalue weighted by Gasteiger charge is -2.13. The number of rotatable bonds is 1. The number of nitrogen functional groups attached to an aromatic ring is 1. The van der Waals surface area contributed by atoms with Crippen LogP contribution in [-0.4, -0.2) is 15.2 Å². The normalized spacial score (nSPS) is 14.3. The van der Waals surface area contributed by atoms with Crippen molar-refractivity contribution in [1.29, 1.82) is 0 Å². The molecule has 3 rings (SSSR count). The van der Waals surface area contributed by atoms with Gasteiger partial charge in [0, 0.05) is 11.3 Å². The molecule has 18 heavy (non-hydrogen) atoms. The summed E-state index contributed by atoms with van der Waals surface area (Å²) in [6.45, 7) is 0. The molecule has 0 saturated heterocycles. The second-order valence-electron chi connectivity index (χ2n) is 4.48. The summed E-state index contributed by atoms with van der Waals surface area (Å²) in [6.07, 6.45) is 4.29. The molecule has 1 aromatic heterocycles. The smallest absolute Gasteiger partial charge is 0.183 e. The van der Waals surface area contributed by atoms with Crippen molar-refractivity contribution in [2.24, 2.45) is 0 Å². The molecule has 0 saturated carbocycles. The minimum atomic E-state index is 0.563. The van der Waals surface area contributed by atoms with Gasteiger partial charge in [0.1, 0.15) is 0 Å². The zero-order valence-electron chi connectivity index (χ0n) is 9.86. The molecule has 5 heteroatoms. The lowest BCUT2D eigenvalue weighted by atomic mass is 10.0. The van der Waals surface area contributed by atoms with Gasteiger partial charge in [0.2, 0.25) is 0 Å². The summed E-state index contributed by atoms with van der Waals surface area (Å²) in [5, 5.41) is 8.99. The van der Waals surface area contributed by atoms with E-state index < -0.39 is 0 Å². The van der Waals surface area contributed by atoms with Gasteiger partial charge >= 0.3 is 0 Å². The van der Waals surface area contributed by atoms with Crippen LogP contribution >= 0.6 is 11.6 Å². The first kappa shape index (κ1) is 11.4. The zero-order valence-corrected chi connectivity index (χ0v) is 10.6. The van der Waals surface area contributed by atoms with Crippen LogP contribution in [0.2, 0.25) is 5.02 Å². The van der Waals surface area contributed by atoms with Gasteiger partial charge < -0.3 is 5.73 Å². The van der Waals surface area contributed by atoms with Crippen LogP contribution in [0.1, 0.15) is 24.2 Å². The Morgan fingerprint density at radius 1 is 1.06 bits per heavy atom. The molecule has 0 spiro atoms. The van der Waals surface area contributed by atoms with Gasteiger partial charge in [0.05, 0.1) is 16.4 Å². The van der Waals surface area contributed by atoms with Gasteiger partial charge in [-0.1, -0.05) is 11.6 Å². The standard InChI is InChI=1S/C13H13ClN4/c14-10-7-8(15)5-6-9(10)13-16-11-3-1-2-4-12(11)17-18-13/h5-7H,1-4,15H2. The number of benzene rings is 1. The highest BCUT2D eigenvalue weighted by atomic mass is 35.5. The third-order valence-electron chi connectivity index (χ3n) is 3.15. The second kappa shape index (κ2) is 4.53. The minimum Gasteiger partial charge on any atom is -0.399 e. The molecule has 0 unspecified atom stereocenters. The summed E-state index contributed by atoms with van der Waals surface area (Å²) in [5.74, 6) is 0.584. The number of nitrogens with two attached hydrogens (primary N) is 1. The topological polar surface area (TPSA) is 64.7 Å². The molecule has 1 aliphatic carbocycles. The Labute approximate surface area is 110 Å². The van der Waals surface area contributed by atoms with E-state index in [9.17, 15) is 0 Å². The van der Waals surface area contributed by atoms with Crippen LogP contribution in [0.15, 0.2) is 18.2 Å². The molecule has 4 nitrogen and oxygen atoms in total. The largest absolute Gasteiger partial charge is 0.399 e. The van der Waals surface area contributed by atoms with E-state index >= 15 is 0 Å². The predicted octanol–water partition coefficient (Wildman–Crippen LogP) is 2.65. The Kier molecular flexibility index (Phi) is 2.88. The molecule has 0 aliphatic heterocycles. The Morgan fingerprint density at radius 2 is 1.83 bits per heavy atom. The van der Waals surface area contributed by atoms with Gasteiger partial charge in [-0.25, -0.2) is 4.98 Å². The summed E-state index contributed by atoms with van der Waals surface area (Å²) in [6, 6.07) is 5.34. The number of aromatic nitrogens is 3. The molecule has 1 heterocycles. The SMILES string of the molecule is Nc1ccc(-c2nnc3c(n2)CCCC3)c(Cl)c1. The average molecular weight is 261 g/mol. The number of anilines is 1. The number of aryl methyl sites for hydroxylation is 2. The first-order valence-corrected chi connectivity index (χ1v) is 6.40. The van der Waals surface area contributed by atoms with E-state index in [4.69, 9.17) is 17.3 Å². The summed E-state index contributed by atoms with van der Waals surface area (Å²) >= 11 is 6.16. The van der Waals surface area contributed by atoms with Crippen LogP contribution in [0.3, 0.4) is 0 Å². The van der Waals surface area contributed by atoms with Gasteiger partial charge in [-0.15, -0.1) is 5.10 Å². The first-order valence-electron chi connectivity index (χ1n) is 6.02. The van der Waals surface area contributed by atoms with Gasteiger partial charge in [-0.3, -0.25) is 0 Å². The van der Waals surface area contributed by atoms with Crippen LogP contribution in [0, 0.1) is 0 Å². The average Bonchev–Trinajstić information content (AvgIpc) is 2.38. The van der Waals surface area contributed by atoms with Gasteiger partial charge in [-0.2, -0.15) is 5.10 Å². The van der Waals surface area contributed by atoms with Crippen molar-refractivity contribution in [3.8, 4) is 11.4 Å². The Bertz CT molecular complexity index is 598. The van der Waals surface area contributed by atoms with Crippen molar-refractivity contribution in [2.45, 2.75) is 25.7 Å². The second-order valence-corrected chi connectivity index (χ2v) is 4.88. The molecule has 1 aliphatic rings. The van der Waals surface area contributed by atoms with E-state index in [0.29, 0.717) is 16.5 Å². The van der Waals surface area contributed by atoms with Crippen LogP contribution in [-0.2, 0) is 12.8 Å². The maximum Gasteiger partial charge on any atom is 0.183 e. The molecule has 0 radical (unpaired) electrons. The maximum atomic E-state index is 6.16. The predicted molar refractivity (Wildman–Crippen MR) is 71.3 cm³/mol. The zero-order chi connectivity index (χ0) is 12.5. The fourth-order valence-electron chi connectivity index (χ4n) is 2.19. The molecule has 2 N–H and O–H groups in total. The van der Waals surface area contributed by atoms with Crippen molar-refractivity contribution in [3.05, 3.63) is 34.6 Å².